The number of anilines is 2. The Labute approximate surface area is 229 Å². The minimum atomic E-state index is -0.681. The van der Waals surface area contributed by atoms with Crippen molar-refractivity contribution in [3.63, 3.8) is 0 Å². The van der Waals surface area contributed by atoms with E-state index in [1.54, 1.807) is 0 Å². The Morgan fingerprint density at radius 1 is 1.26 bits per heavy atom. The molecule has 1 aromatic carbocycles. The van der Waals surface area contributed by atoms with Crippen molar-refractivity contribution in [1.82, 2.24) is 30.2 Å². The van der Waals surface area contributed by atoms with Crippen LogP contribution in [-0.2, 0) is 4.74 Å². The SMILES string of the molecule is Nc1nc(N)c(C(=O)/N=C2\NCC3(CCN(C(=O)c4cccc(SNCC5CCCO5)c4)CC3)N2)nc1Cl. The van der Waals surface area contributed by atoms with E-state index in [4.69, 9.17) is 27.8 Å². The molecular weight excluding hydrogens is 530 g/mol. The number of halogens is 1. The number of guanidine groups is 1. The molecule has 2 amide bonds. The molecule has 1 aromatic heterocycles. The number of hydrogen-bond acceptors (Lipinski definition) is 9. The number of nitrogens with zero attached hydrogens (tertiary/aromatic N) is 4. The highest BCUT2D eigenvalue weighted by Gasteiger charge is 2.41. The third-order valence-corrected chi connectivity index (χ3v) is 7.99. The predicted octanol–water partition coefficient (Wildman–Crippen LogP) is 1.43. The van der Waals surface area contributed by atoms with Crippen LogP contribution in [0.2, 0.25) is 5.15 Å². The van der Waals surface area contributed by atoms with Crippen molar-refractivity contribution in [2.24, 2.45) is 4.99 Å². The van der Waals surface area contributed by atoms with Crippen LogP contribution in [0, 0.1) is 0 Å². The van der Waals surface area contributed by atoms with E-state index in [0.29, 0.717) is 44.0 Å². The smallest absolute Gasteiger partial charge is 0.302 e. The quantitative estimate of drug-likeness (QED) is 0.324. The lowest BCUT2D eigenvalue weighted by Crippen LogP contribution is -2.53. The van der Waals surface area contributed by atoms with Gasteiger partial charge in [0.1, 0.15) is 0 Å². The van der Waals surface area contributed by atoms with Crippen molar-refractivity contribution in [1.29, 1.82) is 0 Å². The number of piperidine rings is 1. The summed E-state index contributed by atoms with van der Waals surface area (Å²) in [6.07, 6.45) is 3.85. The Kier molecular flexibility index (Phi) is 7.88. The molecule has 3 fully saturated rings. The highest BCUT2D eigenvalue weighted by molar-refractivity contribution is 7.97. The van der Waals surface area contributed by atoms with Gasteiger partial charge in [0.2, 0.25) is 0 Å². The van der Waals surface area contributed by atoms with E-state index < -0.39 is 5.91 Å². The van der Waals surface area contributed by atoms with Crippen molar-refractivity contribution < 1.29 is 14.3 Å². The van der Waals surface area contributed by atoms with Crippen molar-refractivity contribution in [2.75, 3.05) is 44.3 Å². The van der Waals surface area contributed by atoms with Gasteiger partial charge >= 0.3 is 5.91 Å². The maximum absolute atomic E-state index is 13.2. The molecule has 0 aliphatic carbocycles. The van der Waals surface area contributed by atoms with Gasteiger partial charge in [0.15, 0.2) is 28.4 Å². The fourth-order valence-electron chi connectivity index (χ4n) is 4.75. The molecule has 5 rings (SSSR count). The molecule has 0 saturated carbocycles. The second kappa shape index (κ2) is 11.3. The topological polar surface area (TPSA) is 173 Å². The molecule has 0 radical (unpaired) electrons. The van der Waals surface area contributed by atoms with Gasteiger partial charge in [-0.1, -0.05) is 17.7 Å². The molecule has 2 aromatic rings. The Morgan fingerprint density at radius 2 is 2.08 bits per heavy atom. The fraction of sp³-hybridized carbons (Fsp3) is 0.458. The molecular formula is C24H30ClN9O3S. The lowest BCUT2D eigenvalue weighted by molar-refractivity contribution is 0.0668. The van der Waals surface area contributed by atoms with Gasteiger partial charge < -0.3 is 31.7 Å². The van der Waals surface area contributed by atoms with Crippen LogP contribution in [0.3, 0.4) is 0 Å². The molecule has 3 aliphatic heterocycles. The lowest BCUT2D eigenvalue weighted by atomic mass is 9.88. The maximum Gasteiger partial charge on any atom is 0.302 e. The standard InChI is InChI=1S/C24H30ClN9O3S/c25-18-20(27)31-19(26)17(30-18)21(35)32-23-28-13-24(33-23)6-8-34(9-7-24)22(36)14-3-1-5-16(11-14)38-29-12-15-4-2-10-37-15/h1,3,5,11,15,29H,2,4,6-10,12-13H2,(H4,26,27,31)(H2,28,32,33,35). The molecule has 3 saturated heterocycles. The van der Waals surface area contributed by atoms with Crippen molar-refractivity contribution in [2.45, 2.75) is 42.2 Å². The van der Waals surface area contributed by atoms with Crippen LogP contribution >= 0.6 is 23.5 Å². The van der Waals surface area contributed by atoms with E-state index in [-0.39, 0.29) is 40.0 Å². The van der Waals surface area contributed by atoms with Crippen LogP contribution < -0.4 is 26.8 Å². The normalized spacial score (nSPS) is 21.4. The van der Waals surface area contributed by atoms with Crippen LogP contribution in [0.1, 0.15) is 46.5 Å². The Morgan fingerprint density at radius 3 is 2.84 bits per heavy atom. The minimum Gasteiger partial charge on any atom is -0.382 e. The summed E-state index contributed by atoms with van der Waals surface area (Å²) >= 11 is 7.39. The van der Waals surface area contributed by atoms with Gasteiger partial charge in [0.25, 0.3) is 5.91 Å². The van der Waals surface area contributed by atoms with Crippen molar-refractivity contribution in [3.8, 4) is 0 Å². The summed E-state index contributed by atoms with van der Waals surface area (Å²) in [5.74, 6) is -0.543. The fourth-order valence-corrected chi connectivity index (χ4v) is 5.65. The number of rotatable bonds is 6. The zero-order valence-electron chi connectivity index (χ0n) is 20.7. The van der Waals surface area contributed by atoms with Gasteiger partial charge in [-0.05, 0) is 55.8 Å². The second-order valence-electron chi connectivity index (χ2n) is 9.56. The zero-order chi connectivity index (χ0) is 26.7. The minimum absolute atomic E-state index is 0.00531. The molecule has 38 heavy (non-hydrogen) atoms. The molecule has 1 spiro atoms. The summed E-state index contributed by atoms with van der Waals surface area (Å²) < 4.78 is 8.99. The number of hydrogen-bond donors (Lipinski definition) is 5. The number of carbonyl (C=O) groups is 2. The molecule has 0 bridgehead atoms. The summed E-state index contributed by atoms with van der Waals surface area (Å²) in [4.78, 5) is 40.5. The monoisotopic (exact) mass is 559 g/mol. The third-order valence-electron chi connectivity index (χ3n) is 6.91. The average Bonchev–Trinajstić information content (AvgIpc) is 3.57. The molecule has 14 heteroatoms. The van der Waals surface area contributed by atoms with Gasteiger partial charge in [-0.3, -0.25) is 14.3 Å². The third kappa shape index (κ3) is 5.96. The van der Waals surface area contributed by atoms with Gasteiger partial charge in [0, 0.05) is 43.2 Å². The second-order valence-corrected chi connectivity index (χ2v) is 10.9. The van der Waals surface area contributed by atoms with Crippen LogP contribution in [0.25, 0.3) is 0 Å². The van der Waals surface area contributed by atoms with Gasteiger partial charge in [-0.25, -0.2) is 9.97 Å². The van der Waals surface area contributed by atoms with Crippen molar-refractivity contribution in [3.05, 3.63) is 40.7 Å². The molecule has 7 N–H and O–H groups in total. The Hall–Kier alpha value is -3.13. The van der Waals surface area contributed by atoms with Gasteiger partial charge in [-0.2, -0.15) is 4.99 Å². The number of amides is 2. The summed E-state index contributed by atoms with van der Waals surface area (Å²) in [5, 5.41) is 6.35. The molecule has 1 atom stereocenters. The van der Waals surface area contributed by atoms with Crippen LogP contribution in [0.5, 0.6) is 0 Å². The lowest BCUT2D eigenvalue weighted by Gasteiger charge is -2.38. The van der Waals surface area contributed by atoms with E-state index in [9.17, 15) is 9.59 Å². The van der Waals surface area contributed by atoms with Crippen LogP contribution in [0.15, 0.2) is 34.2 Å². The van der Waals surface area contributed by atoms with E-state index in [1.807, 2.05) is 29.2 Å². The number of aromatic nitrogens is 2. The number of aliphatic imine (C=N–C) groups is 1. The molecule has 12 nitrogen and oxygen atoms in total. The Bertz CT molecular complexity index is 1250. The van der Waals surface area contributed by atoms with Gasteiger partial charge in [-0.15, -0.1) is 0 Å². The number of benzene rings is 1. The number of carbonyl (C=O) groups excluding carboxylic acids is 2. The summed E-state index contributed by atoms with van der Waals surface area (Å²) in [6, 6.07) is 7.66. The summed E-state index contributed by atoms with van der Waals surface area (Å²) in [6.45, 7) is 3.35. The average molecular weight is 560 g/mol. The first kappa shape index (κ1) is 26.5. The molecule has 202 valence electrons. The Balaban J connectivity index is 1.15. The van der Waals surface area contributed by atoms with E-state index in [2.05, 4.69) is 30.3 Å². The first-order chi connectivity index (χ1) is 18.3. The number of likely N-dealkylation sites (tertiary alicyclic amines) is 1. The van der Waals surface area contributed by atoms with Crippen molar-refractivity contribution >= 4 is 53.0 Å². The summed E-state index contributed by atoms with van der Waals surface area (Å²) in [7, 11) is 0. The molecule has 4 heterocycles. The predicted molar refractivity (Wildman–Crippen MR) is 146 cm³/mol. The molecule has 3 aliphatic rings. The van der Waals surface area contributed by atoms with Crippen LogP contribution in [-0.4, -0.2) is 77.1 Å². The van der Waals surface area contributed by atoms with E-state index in [0.717, 1.165) is 30.9 Å². The molecule has 1 unspecified atom stereocenters. The highest BCUT2D eigenvalue weighted by Crippen LogP contribution is 2.27. The van der Waals surface area contributed by atoms with E-state index in [1.165, 1.54) is 11.9 Å². The number of nitrogens with two attached hydrogens (primary N) is 2. The highest BCUT2D eigenvalue weighted by atomic mass is 35.5. The zero-order valence-corrected chi connectivity index (χ0v) is 22.3. The first-order valence-corrected chi connectivity index (χ1v) is 13.7. The van der Waals surface area contributed by atoms with Gasteiger partial charge in [0.05, 0.1) is 11.6 Å². The largest absolute Gasteiger partial charge is 0.382 e. The number of nitrogens with one attached hydrogen (secondary N) is 3. The number of ether oxygens (including phenoxy) is 1. The summed E-state index contributed by atoms with van der Waals surface area (Å²) in [5.41, 5.74) is 11.5. The number of nitrogen functional groups attached to an aromatic ring is 2. The van der Waals surface area contributed by atoms with E-state index >= 15 is 0 Å². The van der Waals surface area contributed by atoms with Crippen LogP contribution in [0.4, 0.5) is 11.6 Å². The first-order valence-electron chi connectivity index (χ1n) is 12.5. The maximum atomic E-state index is 13.2.